The molecule has 0 aliphatic heterocycles. The van der Waals surface area contributed by atoms with Crippen LogP contribution in [0.25, 0.3) is 0 Å². The SMILES string of the molecule is COc1cc(C(O)c2cc(Br)sc2Br)cc(OC)c1OC. The molecule has 0 aliphatic carbocycles. The second-order valence-corrected chi connectivity index (χ2v) is 7.89. The topological polar surface area (TPSA) is 47.9 Å². The average molecular weight is 438 g/mol. The summed E-state index contributed by atoms with van der Waals surface area (Å²) in [6, 6.07) is 5.36. The standard InChI is InChI=1S/C14H14Br2O4S/c1-18-9-4-7(5-10(19-2)13(9)20-3)12(17)8-6-11(15)21-14(8)16/h4-6,12,17H,1-3H3. The van der Waals surface area contributed by atoms with Crippen molar-refractivity contribution in [2.45, 2.75) is 6.10 Å². The Bertz CT molecular complexity index is 617. The minimum absolute atomic E-state index is 0.501. The quantitative estimate of drug-likeness (QED) is 0.753. The van der Waals surface area contributed by atoms with Gasteiger partial charge in [-0.3, -0.25) is 0 Å². The lowest BCUT2D eigenvalue weighted by atomic mass is 10.0. The number of rotatable bonds is 5. The summed E-state index contributed by atoms with van der Waals surface area (Å²) in [7, 11) is 4.64. The smallest absolute Gasteiger partial charge is 0.203 e. The highest BCUT2D eigenvalue weighted by molar-refractivity contribution is 9.12. The second-order valence-electron chi connectivity index (χ2n) is 4.14. The zero-order valence-electron chi connectivity index (χ0n) is 11.6. The summed E-state index contributed by atoms with van der Waals surface area (Å²) in [6.45, 7) is 0. The minimum Gasteiger partial charge on any atom is -0.493 e. The second kappa shape index (κ2) is 7.00. The molecular weight excluding hydrogens is 424 g/mol. The summed E-state index contributed by atoms with van der Waals surface area (Å²) < 4.78 is 17.7. The zero-order valence-corrected chi connectivity index (χ0v) is 15.6. The Morgan fingerprint density at radius 2 is 1.57 bits per heavy atom. The molecule has 2 aromatic rings. The Balaban J connectivity index is 2.51. The largest absolute Gasteiger partial charge is 0.493 e. The van der Waals surface area contributed by atoms with Crippen LogP contribution in [0.4, 0.5) is 0 Å². The van der Waals surface area contributed by atoms with Gasteiger partial charge in [0.05, 0.1) is 28.9 Å². The van der Waals surface area contributed by atoms with Crippen LogP contribution < -0.4 is 14.2 Å². The van der Waals surface area contributed by atoms with Gasteiger partial charge >= 0.3 is 0 Å². The van der Waals surface area contributed by atoms with Crippen molar-refractivity contribution in [3.63, 3.8) is 0 Å². The normalized spacial score (nSPS) is 12.1. The van der Waals surface area contributed by atoms with Crippen LogP contribution in [0.2, 0.25) is 0 Å². The summed E-state index contributed by atoms with van der Waals surface area (Å²) >= 11 is 8.37. The summed E-state index contributed by atoms with van der Waals surface area (Å²) in [5, 5.41) is 10.6. The van der Waals surface area contributed by atoms with Crippen LogP contribution in [-0.2, 0) is 0 Å². The summed E-state index contributed by atoms with van der Waals surface area (Å²) in [6.07, 6.45) is -0.796. The number of ether oxygens (including phenoxy) is 3. The molecule has 0 saturated heterocycles. The summed E-state index contributed by atoms with van der Waals surface area (Å²) in [4.78, 5) is 0. The molecule has 1 aromatic carbocycles. The molecule has 0 fully saturated rings. The fourth-order valence-electron chi connectivity index (χ4n) is 1.98. The molecular formula is C14H14Br2O4S. The summed E-state index contributed by atoms with van der Waals surface area (Å²) in [5.74, 6) is 1.52. The van der Waals surface area contributed by atoms with Crippen molar-refractivity contribution in [2.24, 2.45) is 0 Å². The van der Waals surface area contributed by atoms with Gasteiger partial charge in [-0.1, -0.05) is 0 Å². The van der Waals surface area contributed by atoms with Gasteiger partial charge < -0.3 is 19.3 Å². The molecule has 0 bridgehead atoms. The van der Waals surface area contributed by atoms with E-state index in [1.807, 2.05) is 6.07 Å². The Kier molecular flexibility index (Phi) is 5.54. The first-order chi connectivity index (χ1) is 10.0. The van der Waals surface area contributed by atoms with E-state index in [0.717, 1.165) is 13.1 Å². The summed E-state index contributed by atoms with van der Waals surface area (Å²) in [5.41, 5.74) is 1.44. The molecule has 0 amide bonds. The Morgan fingerprint density at radius 3 is 1.95 bits per heavy atom. The molecule has 1 heterocycles. The van der Waals surface area contributed by atoms with E-state index in [2.05, 4.69) is 31.9 Å². The highest BCUT2D eigenvalue weighted by Crippen LogP contribution is 2.43. The number of hydrogen-bond acceptors (Lipinski definition) is 5. The van der Waals surface area contributed by atoms with Gasteiger partial charge in [0, 0.05) is 5.56 Å². The van der Waals surface area contributed by atoms with Gasteiger partial charge in [0.15, 0.2) is 11.5 Å². The number of aliphatic hydroxyl groups excluding tert-OH is 1. The number of thiophene rings is 1. The van der Waals surface area contributed by atoms with Crippen molar-refractivity contribution in [3.05, 3.63) is 36.9 Å². The molecule has 2 rings (SSSR count). The van der Waals surface area contributed by atoms with Gasteiger partial charge in [-0.25, -0.2) is 0 Å². The third kappa shape index (κ3) is 3.36. The predicted molar refractivity (Wildman–Crippen MR) is 89.9 cm³/mol. The van der Waals surface area contributed by atoms with Crippen molar-refractivity contribution in [3.8, 4) is 17.2 Å². The maximum absolute atomic E-state index is 10.6. The van der Waals surface area contributed by atoms with Crippen molar-refractivity contribution in [1.29, 1.82) is 0 Å². The van der Waals surface area contributed by atoms with E-state index in [1.54, 1.807) is 33.5 Å². The van der Waals surface area contributed by atoms with Crippen LogP contribution in [0.3, 0.4) is 0 Å². The molecule has 0 radical (unpaired) electrons. The third-order valence-corrected chi connectivity index (χ3v) is 5.37. The third-order valence-electron chi connectivity index (χ3n) is 2.98. The molecule has 7 heteroatoms. The van der Waals surface area contributed by atoms with E-state index in [0.29, 0.717) is 22.8 Å². The lowest BCUT2D eigenvalue weighted by Crippen LogP contribution is -2.02. The van der Waals surface area contributed by atoms with Crippen molar-refractivity contribution >= 4 is 43.2 Å². The monoisotopic (exact) mass is 436 g/mol. The molecule has 1 N–H and O–H groups in total. The van der Waals surface area contributed by atoms with Gasteiger partial charge in [0.2, 0.25) is 5.75 Å². The number of aliphatic hydroxyl groups is 1. The maximum Gasteiger partial charge on any atom is 0.203 e. The first-order valence-corrected chi connectivity index (χ1v) is 8.34. The van der Waals surface area contributed by atoms with Crippen LogP contribution in [0.15, 0.2) is 25.8 Å². The van der Waals surface area contributed by atoms with Gasteiger partial charge in [-0.05, 0) is 55.6 Å². The molecule has 1 aromatic heterocycles. The number of halogens is 2. The van der Waals surface area contributed by atoms with E-state index >= 15 is 0 Å². The maximum atomic E-state index is 10.6. The highest BCUT2D eigenvalue weighted by Gasteiger charge is 2.21. The number of hydrogen-bond donors (Lipinski definition) is 1. The first kappa shape index (κ1) is 16.6. The molecule has 114 valence electrons. The first-order valence-electron chi connectivity index (χ1n) is 5.94. The zero-order chi connectivity index (χ0) is 15.6. The van der Waals surface area contributed by atoms with E-state index in [4.69, 9.17) is 14.2 Å². The van der Waals surface area contributed by atoms with E-state index in [-0.39, 0.29) is 0 Å². The molecule has 1 unspecified atom stereocenters. The Morgan fingerprint density at radius 1 is 1.00 bits per heavy atom. The molecule has 0 spiro atoms. The van der Waals surface area contributed by atoms with Crippen LogP contribution in [0.5, 0.6) is 17.2 Å². The van der Waals surface area contributed by atoms with Gasteiger partial charge in [0.1, 0.15) is 6.10 Å². The fourth-order valence-corrected chi connectivity index (χ4v) is 4.86. The molecule has 4 nitrogen and oxygen atoms in total. The molecule has 1 atom stereocenters. The van der Waals surface area contributed by atoms with Crippen LogP contribution in [0.1, 0.15) is 17.2 Å². The predicted octanol–water partition coefficient (Wildman–Crippen LogP) is 4.38. The minimum atomic E-state index is -0.796. The van der Waals surface area contributed by atoms with Crippen LogP contribution in [-0.4, -0.2) is 26.4 Å². The molecule has 0 aliphatic rings. The van der Waals surface area contributed by atoms with Crippen LogP contribution in [0, 0.1) is 0 Å². The number of methoxy groups -OCH3 is 3. The van der Waals surface area contributed by atoms with Crippen LogP contribution >= 0.6 is 43.2 Å². The lowest BCUT2D eigenvalue weighted by molar-refractivity contribution is 0.218. The van der Waals surface area contributed by atoms with E-state index in [1.165, 1.54) is 11.3 Å². The van der Waals surface area contributed by atoms with Gasteiger partial charge in [0.25, 0.3) is 0 Å². The molecule has 0 saturated carbocycles. The van der Waals surface area contributed by atoms with Crippen molar-refractivity contribution < 1.29 is 19.3 Å². The van der Waals surface area contributed by atoms with Crippen molar-refractivity contribution in [2.75, 3.05) is 21.3 Å². The Labute approximate surface area is 143 Å². The van der Waals surface area contributed by atoms with Crippen molar-refractivity contribution in [1.82, 2.24) is 0 Å². The lowest BCUT2D eigenvalue weighted by Gasteiger charge is -2.17. The Hall–Kier alpha value is -0.760. The van der Waals surface area contributed by atoms with E-state index < -0.39 is 6.10 Å². The van der Waals surface area contributed by atoms with E-state index in [9.17, 15) is 5.11 Å². The fraction of sp³-hybridized carbons (Fsp3) is 0.286. The number of benzene rings is 1. The van der Waals surface area contributed by atoms with Gasteiger partial charge in [-0.2, -0.15) is 0 Å². The highest BCUT2D eigenvalue weighted by atomic mass is 79.9. The average Bonchev–Trinajstić information content (AvgIpc) is 2.83. The van der Waals surface area contributed by atoms with Gasteiger partial charge in [-0.15, -0.1) is 11.3 Å². The molecule has 21 heavy (non-hydrogen) atoms.